The van der Waals surface area contributed by atoms with Crippen molar-refractivity contribution in [3.8, 4) is 0 Å². The maximum atomic E-state index is 11.8. The molecule has 0 aliphatic heterocycles. The summed E-state index contributed by atoms with van der Waals surface area (Å²) in [5.41, 5.74) is 6.98. The first-order valence-electron chi connectivity index (χ1n) is 4.94. The van der Waals surface area contributed by atoms with E-state index in [0.29, 0.717) is 22.1 Å². The molecular formula is C12H10ClN3O. The number of amides is 1. The van der Waals surface area contributed by atoms with Crippen LogP contribution in [0, 0.1) is 0 Å². The highest BCUT2D eigenvalue weighted by Gasteiger charge is 2.07. The molecule has 5 heteroatoms. The smallest absolute Gasteiger partial charge is 0.274 e. The summed E-state index contributed by atoms with van der Waals surface area (Å²) in [5.74, 6) is -0.286. The summed E-state index contributed by atoms with van der Waals surface area (Å²) in [6.07, 6.45) is 1.56. The third kappa shape index (κ3) is 2.73. The monoisotopic (exact) mass is 247 g/mol. The molecule has 1 amide bonds. The van der Waals surface area contributed by atoms with Crippen LogP contribution in [0.25, 0.3) is 0 Å². The van der Waals surface area contributed by atoms with Gasteiger partial charge in [-0.3, -0.25) is 9.78 Å². The summed E-state index contributed by atoms with van der Waals surface area (Å²) in [7, 11) is 0. The molecule has 0 fully saturated rings. The molecule has 4 nitrogen and oxygen atoms in total. The number of halogens is 1. The molecule has 0 saturated carbocycles. The summed E-state index contributed by atoms with van der Waals surface area (Å²) >= 11 is 5.85. The van der Waals surface area contributed by atoms with Crippen LogP contribution in [0.2, 0.25) is 5.02 Å². The Morgan fingerprint density at radius 1 is 1.29 bits per heavy atom. The number of aromatic nitrogens is 1. The van der Waals surface area contributed by atoms with Crippen molar-refractivity contribution in [3.63, 3.8) is 0 Å². The fraction of sp³-hybridized carbons (Fsp3) is 0. The van der Waals surface area contributed by atoms with Crippen molar-refractivity contribution in [3.05, 3.63) is 53.3 Å². The highest BCUT2D eigenvalue weighted by atomic mass is 35.5. The second-order valence-corrected chi connectivity index (χ2v) is 3.81. The average molecular weight is 248 g/mol. The Balaban J connectivity index is 2.16. The zero-order valence-corrected chi connectivity index (χ0v) is 9.61. The lowest BCUT2D eigenvalue weighted by Crippen LogP contribution is -2.13. The minimum Gasteiger partial charge on any atom is -0.398 e. The Kier molecular flexibility index (Phi) is 3.25. The van der Waals surface area contributed by atoms with Crippen molar-refractivity contribution in [2.45, 2.75) is 0 Å². The van der Waals surface area contributed by atoms with Gasteiger partial charge in [-0.2, -0.15) is 0 Å². The van der Waals surface area contributed by atoms with E-state index in [1.165, 1.54) is 0 Å². The summed E-state index contributed by atoms with van der Waals surface area (Å²) in [6, 6.07) is 10.0. The molecule has 1 aromatic heterocycles. The van der Waals surface area contributed by atoms with E-state index in [4.69, 9.17) is 17.3 Å². The quantitative estimate of drug-likeness (QED) is 0.802. The lowest BCUT2D eigenvalue weighted by Gasteiger charge is -2.06. The SMILES string of the molecule is Nc1ccc(NC(=O)c2ccccn2)cc1Cl. The number of rotatable bonds is 2. The van der Waals surface area contributed by atoms with E-state index < -0.39 is 0 Å². The molecule has 0 spiro atoms. The highest BCUT2D eigenvalue weighted by Crippen LogP contribution is 2.22. The summed E-state index contributed by atoms with van der Waals surface area (Å²) < 4.78 is 0. The van der Waals surface area contributed by atoms with Gasteiger partial charge in [-0.05, 0) is 30.3 Å². The van der Waals surface area contributed by atoms with Crippen LogP contribution >= 0.6 is 11.6 Å². The fourth-order valence-electron chi connectivity index (χ4n) is 1.30. The summed E-state index contributed by atoms with van der Waals surface area (Å²) in [6.45, 7) is 0. The number of nitrogens with two attached hydrogens (primary N) is 1. The van der Waals surface area contributed by atoms with Crippen LogP contribution in [-0.2, 0) is 0 Å². The van der Waals surface area contributed by atoms with E-state index in [-0.39, 0.29) is 5.91 Å². The van der Waals surface area contributed by atoms with E-state index in [1.54, 1.807) is 42.6 Å². The molecule has 2 rings (SSSR count). The third-order valence-electron chi connectivity index (χ3n) is 2.16. The number of pyridine rings is 1. The molecule has 17 heavy (non-hydrogen) atoms. The van der Waals surface area contributed by atoms with Gasteiger partial charge in [0.25, 0.3) is 5.91 Å². The number of nitrogens with one attached hydrogen (secondary N) is 1. The third-order valence-corrected chi connectivity index (χ3v) is 2.48. The lowest BCUT2D eigenvalue weighted by atomic mass is 10.2. The number of carbonyl (C=O) groups is 1. The normalized spacial score (nSPS) is 9.94. The topological polar surface area (TPSA) is 68.0 Å². The standard InChI is InChI=1S/C12H10ClN3O/c13-9-7-8(4-5-10(9)14)16-12(17)11-3-1-2-6-15-11/h1-7H,14H2,(H,16,17). The Hall–Kier alpha value is -2.07. The van der Waals surface area contributed by atoms with Crippen molar-refractivity contribution in [1.29, 1.82) is 0 Å². The van der Waals surface area contributed by atoms with Gasteiger partial charge in [-0.25, -0.2) is 0 Å². The first kappa shape index (κ1) is 11.4. The number of nitrogen functional groups attached to an aromatic ring is 1. The van der Waals surface area contributed by atoms with Crippen LogP contribution in [-0.4, -0.2) is 10.9 Å². The van der Waals surface area contributed by atoms with Gasteiger partial charge in [0.15, 0.2) is 0 Å². The summed E-state index contributed by atoms with van der Waals surface area (Å²) in [4.78, 5) is 15.7. The summed E-state index contributed by atoms with van der Waals surface area (Å²) in [5, 5.41) is 3.09. The van der Waals surface area contributed by atoms with E-state index in [1.807, 2.05) is 0 Å². The molecule has 2 aromatic rings. The predicted octanol–water partition coefficient (Wildman–Crippen LogP) is 2.57. The Labute approximate surface area is 103 Å². The minimum atomic E-state index is -0.286. The number of hydrogen-bond acceptors (Lipinski definition) is 3. The van der Waals surface area contributed by atoms with Gasteiger partial charge in [-0.15, -0.1) is 0 Å². The zero-order chi connectivity index (χ0) is 12.3. The molecule has 1 heterocycles. The first-order chi connectivity index (χ1) is 8.16. The van der Waals surface area contributed by atoms with Gasteiger partial charge in [0, 0.05) is 11.9 Å². The van der Waals surface area contributed by atoms with Crippen molar-refractivity contribution in [2.24, 2.45) is 0 Å². The van der Waals surface area contributed by atoms with E-state index in [9.17, 15) is 4.79 Å². The molecule has 0 radical (unpaired) electrons. The van der Waals surface area contributed by atoms with Gasteiger partial charge in [-0.1, -0.05) is 17.7 Å². The Morgan fingerprint density at radius 3 is 2.76 bits per heavy atom. The van der Waals surface area contributed by atoms with Gasteiger partial charge in [0.05, 0.1) is 10.7 Å². The largest absolute Gasteiger partial charge is 0.398 e. The van der Waals surface area contributed by atoms with Gasteiger partial charge >= 0.3 is 0 Å². The van der Waals surface area contributed by atoms with Crippen molar-refractivity contribution < 1.29 is 4.79 Å². The number of benzene rings is 1. The van der Waals surface area contributed by atoms with E-state index >= 15 is 0 Å². The van der Waals surface area contributed by atoms with Gasteiger partial charge in [0.2, 0.25) is 0 Å². The molecular weight excluding hydrogens is 238 g/mol. The second-order valence-electron chi connectivity index (χ2n) is 3.41. The van der Waals surface area contributed by atoms with Crippen molar-refractivity contribution in [1.82, 2.24) is 4.98 Å². The molecule has 0 aliphatic carbocycles. The van der Waals surface area contributed by atoms with E-state index in [2.05, 4.69) is 10.3 Å². The minimum absolute atomic E-state index is 0.286. The molecule has 0 saturated heterocycles. The molecule has 86 valence electrons. The lowest BCUT2D eigenvalue weighted by molar-refractivity contribution is 0.102. The Bertz CT molecular complexity index is 543. The molecule has 3 N–H and O–H groups in total. The number of carbonyl (C=O) groups excluding carboxylic acids is 1. The average Bonchev–Trinajstić information content (AvgIpc) is 2.35. The van der Waals surface area contributed by atoms with Crippen LogP contribution in [0.5, 0.6) is 0 Å². The molecule has 1 aromatic carbocycles. The number of nitrogens with zero attached hydrogens (tertiary/aromatic N) is 1. The number of anilines is 2. The predicted molar refractivity (Wildman–Crippen MR) is 68.1 cm³/mol. The van der Waals surface area contributed by atoms with Crippen LogP contribution in [0.3, 0.4) is 0 Å². The first-order valence-corrected chi connectivity index (χ1v) is 5.32. The zero-order valence-electron chi connectivity index (χ0n) is 8.85. The maximum Gasteiger partial charge on any atom is 0.274 e. The van der Waals surface area contributed by atoms with Crippen LogP contribution in [0.4, 0.5) is 11.4 Å². The van der Waals surface area contributed by atoms with Crippen molar-refractivity contribution >= 4 is 28.9 Å². The number of hydrogen-bond donors (Lipinski definition) is 2. The molecule has 0 unspecified atom stereocenters. The van der Waals surface area contributed by atoms with Gasteiger partial charge < -0.3 is 11.1 Å². The van der Waals surface area contributed by atoms with Crippen LogP contribution in [0.1, 0.15) is 10.5 Å². The highest BCUT2D eigenvalue weighted by molar-refractivity contribution is 6.33. The molecule has 0 atom stereocenters. The van der Waals surface area contributed by atoms with Crippen molar-refractivity contribution in [2.75, 3.05) is 11.1 Å². The van der Waals surface area contributed by atoms with Crippen LogP contribution < -0.4 is 11.1 Å². The van der Waals surface area contributed by atoms with Crippen LogP contribution in [0.15, 0.2) is 42.6 Å². The fourth-order valence-corrected chi connectivity index (χ4v) is 1.48. The maximum absolute atomic E-state index is 11.8. The molecule has 0 bridgehead atoms. The van der Waals surface area contributed by atoms with Gasteiger partial charge in [0.1, 0.15) is 5.69 Å². The molecule has 0 aliphatic rings. The Morgan fingerprint density at radius 2 is 2.12 bits per heavy atom. The second kappa shape index (κ2) is 4.84. The van der Waals surface area contributed by atoms with E-state index in [0.717, 1.165) is 0 Å².